The fourth-order valence-corrected chi connectivity index (χ4v) is 3.32. The summed E-state index contributed by atoms with van der Waals surface area (Å²) in [7, 11) is 0. The molecule has 1 saturated heterocycles. The quantitative estimate of drug-likeness (QED) is 0.881. The van der Waals surface area contributed by atoms with Crippen LogP contribution in [-0.4, -0.2) is 18.8 Å². The van der Waals surface area contributed by atoms with Gasteiger partial charge in [-0.3, -0.25) is 0 Å². The van der Waals surface area contributed by atoms with E-state index in [4.69, 9.17) is 10.5 Å². The summed E-state index contributed by atoms with van der Waals surface area (Å²) in [6, 6.07) is 10.8. The second-order valence-corrected chi connectivity index (χ2v) is 6.39. The molecule has 2 atom stereocenters. The number of hydrogen-bond donors (Lipinski definition) is 1. The predicted molar refractivity (Wildman–Crippen MR) is 80.1 cm³/mol. The van der Waals surface area contributed by atoms with Crippen molar-refractivity contribution < 1.29 is 4.74 Å². The largest absolute Gasteiger partial charge is 0.376 e. The molecule has 0 unspecified atom stereocenters. The van der Waals surface area contributed by atoms with E-state index in [1.165, 1.54) is 12.0 Å². The zero-order chi connectivity index (χ0) is 13.7. The van der Waals surface area contributed by atoms with Crippen LogP contribution in [-0.2, 0) is 11.2 Å². The Bertz CT molecular complexity index is 374. The molecule has 0 radical (unpaired) electrons. The zero-order valence-electron chi connectivity index (χ0n) is 12.3. The van der Waals surface area contributed by atoms with Gasteiger partial charge in [0.2, 0.25) is 0 Å². The summed E-state index contributed by atoms with van der Waals surface area (Å²) in [6.07, 6.45) is 4.61. The summed E-state index contributed by atoms with van der Waals surface area (Å²) in [4.78, 5) is 0. The molecule has 1 aromatic rings. The molecule has 1 aliphatic rings. The Kier molecular flexibility index (Phi) is 5.00. The number of nitrogens with two attached hydrogens (primary N) is 1. The maximum atomic E-state index is 5.84. The molecule has 0 spiro atoms. The van der Waals surface area contributed by atoms with Crippen molar-refractivity contribution in [2.75, 3.05) is 13.2 Å². The molecule has 1 heterocycles. The van der Waals surface area contributed by atoms with Gasteiger partial charge in [-0.2, -0.15) is 0 Å². The van der Waals surface area contributed by atoms with Gasteiger partial charge in [-0.15, -0.1) is 0 Å². The van der Waals surface area contributed by atoms with Crippen LogP contribution in [0.15, 0.2) is 30.3 Å². The molecule has 106 valence electrons. The molecular formula is C17H27NO. The van der Waals surface area contributed by atoms with E-state index in [2.05, 4.69) is 44.2 Å². The molecule has 1 fully saturated rings. The van der Waals surface area contributed by atoms with Crippen molar-refractivity contribution in [3.8, 4) is 0 Å². The van der Waals surface area contributed by atoms with Gasteiger partial charge in [0.1, 0.15) is 0 Å². The van der Waals surface area contributed by atoms with Gasteiger partial charge in [0, 0.05) is 6.61 Å². The van der Waals surface area contributed by atoms with Crippen LogP contribution in [0.5, 0.6) is 0 Å². The van der Waals surface area contributed by atoms with E-state index in [9.17, 15) is 0 Å². The van der Waals surface area contributed by atoms with E-state index >= 15 is 0 Å². The molecule has 0 bridgehead atoms. The molecule has 19 heavy (non-hydrogen) atoms. The molecule has 1 aliphatic heterocycles. The van der Waals surface area contributed by atoms with Gasteiger partial charge in [0.25, 0.3) is 0 Å². The summed E-state index contributed by atoms with van der Waals surface area (Å²) in [5.41, 5.74) is 7.30. The van der Waals surface area contributed by atoms with Gasteiger partial charge in [0.15, 0.2) is 0 Å². The molecule has 0 amide bonds. The van der Waals surface area contributed by atoms with Crippen LogP contribution < -0.4 is 5.73 Å². The topological polar surface area (TPSA) is 35.2 Å². The van der Waals surface area contributed by atoms with Gasteiger partial charge in [-0.1, -0.05) is 30.3 Å². The monoisotopic (exact) mass is 261 g/mol. The highest BCUT2D eigenvalue weighted by Gasteiger charge is 2.33. The molecule has 0 saturated carbocycles. The fraction of sp³-hybridized carbons (Fsp3) is 0.647. The van der Waals surface area contributed by atoms with Crippen molar-refractivity contribution in [2.24, 2.45) is 17.6 Å². The maximum Gasteiger partial charge on any atom is 0.0629 e. The molecule has 1 aromatic carbocycles. The van der Waals surface area contributed by atoms with Gasteiger partial charge in [0.05, 0.1) is 5.60 Å². The van der Waals surface area contributed by atoms with Crippen molar-refractivity contribution >= 4 is 0 Å². The molecular weight excluding hydrogens is 234 g/mol. The van der Waals surface area contributed by atoms with Crippen molar-refractivity contribution in [3.63, 3.8) is 0 Å². The van der Waals surface area contributed by atoms with Crippen molar-refractivity contribution in [2.45, 2.75) is 45.1 Å². The lowest BCUT2D eigenvalue weighted by atomic mass is 9.76. The summed E-state index contributed by atoms with van der Waals surface area (Å²) in [6.45, 7) is 6.10. The fourth-order valence-electron chi connectivity index (χ4n) is 3.32. The van der Waals surface area contributed by atoms with E-state index in [1.807, 2.05) is 0 Å². The molecule has 0 aliphatic carbocycles. The molecule has 2 nitrogen and oxygen atoms in total. The Morgan fingerprint density at radius 1 is 1.32 bits per heavy atom. The van der Waals surface area contributed by atoms with Crippen LogP contribution in [0.1, 0.15) is 38.7 Å². The summed E-state index contributed by atoms with van der Waals surface area (Å²) < 4.78 is 5.84. The van der Waals surface area contributed by atoms with Gasteiger partial charge >= 0.3 is 0 Å². The van der Waals surface area contributed by atoms with Crippen LogP contribution in [0.3, 0.4) is 0 Å². The lowest BCUT2D eigenvalue weighted by Gasteiger charge is -2.39. The highest BCUT2D eigenvalue weighted by molar-refractivity contribution is 5.15. The second-order valence-electron chi connectivity index (χ2n) is 6.39. The first-order valence-electron chi connectivity index (χ1n) is 7.49. The van der Waals surface area contributed by atoms with Crippen LogP contribution in [0, 0.1) is 11.8 Å². The second kappa shape index (κ2) is 6.53. The summed E-state index contributed by atoms with van der Waals surface area (Å²) >= 11 is 0. The summed E-state index contributed by atoms with van der Waals surface area (Å²) in [5.74, 6) is 1.43. The Hall–Kier alpha value is -0.860. The third-order valence-electron chi connectivity index (χ3n) is 4.28. The Balaban J connectivity index is 2.03. The number of rotatable bonds is 5. The number of benzene rings is 1. The zero-order valence-corrected chi connectivity index (χ0v) is 12.3. The first-order valence-corrected chi connectivity index (χ1v) is 7.49. The maximum absolute atomic E-state index is 5.84. The minimum atomic E-state index is 0.0342. The third-order valence-corrected chi connectivity index (χ3v) is 4.28. The number of ether oxygens (including phenoxy) is 1. The minimum absolute atomic E-state index is 0.0342. The normalized spacial score (nSPS) is 24.1. The number of hydrogen-bond acceptors (Lipinski definition) is 2. The van der Waals surface area contributed by atoms with Gasteiger partial charge < -0.3 is 10.5 Å². The molecule has 2 heteroatoms. The standard InChI is InChI=1S/C17H27NO/c1-17(2)13-16(9-11-19-17)15(8-10-18)12-14-6-4-3-5-7-14/h3-7,15-16H,8-13,18H2,1-2H3/t15-,16+/m0/s1. The smallest absolute Gasteiger partial charge is 0.0629 e. The van der Waals surface area contributed by atoms with Crippen LogP contribution in [0.4, 0.5) is 0 Å². The van der Waals surface area contributed by atoms with Crippen LogP contribution >= 0.6 is 0 Å². The van der Waals surface area contributed by atoms with E-state index in [-0.39, 0.29) is 5.60 Å². The van der Waals surface area contributed by atoms with E-state index in [1.54, 1.807) is 0 Å². The SMILES string of the molecule is CC1(C)C[C@H]([C@@H](CCN)Cc2ccccc2)CCO1. The Morgan fingerprint density at radius 2 is 2.05 bits per heavy atom. The van der Waals surface area contributed by atoms with Crippen LogP contribution in [0.25, 0.3) is 0 Å². The Labute approximate surface area is 117 Å². The highest BCUT2D eigenvalue weighted by Crippen LogP contribution is 2.36. The van der Waals surface area contributed by atoms with Crippen molar-refractivity contribution in [1.29, 1.82) is 0 Å². The highest BCUT2D eigenvalue weighted by atomic mass is 16.5. The summed E-state index contributed by atoms with van der Waals surface area (Å²) in [5, 5.41) is 0. The van der Waals surface area contributed by atoms with E-state index in [0.29, 0.717) is 5.92 Å². The third kappa shape index (κ3) is 4.32. The Morgan fingerprint density at radius 3 is 2.68 bits per heavy atom. The van der Waals surface area contributed by atoms with E-state index in [0.717, 1.165) is 38.3 Å². The van der Waals surface area contributed by atoms with Crippen molar-refractivity contribution in [1.82, 2.24) is 0 Å². The average Bonchev–Trinajstić information content (AvgIpc) is 2.38. The predicted octanol–water partition coefficient (Wildman–Crippen LogP) is 3.40. The van der Waals surface area contributed by atoms with Gasteiger partial charge in [-0.25, -0.2) is 0 Å². The minimum Gasteiger partial charge on any atom is -0.376 e. The van der Waals surface area contributed by atoms with Crippen LogP contribution in [0.2, 0.25) is 0 Å². The van der Waals surface area contributed by atoms with Crippen molar-refractivity contribution in [3.05, 3.63) is 35.9 Å². The molecule has 2 rings (SSSR count). The lowest BCUT2D eigenvalue weighted by Crippen LogP contribution is -2.37. The first kappa shape index (κ1) is 14.5. The average molecular weight is 261 g/mol. The van der Waals surface area contributed by atoms with E-state index < -0.39 is 0 Å². The molecule has 2 N–H and O–H groups in total. The van der Waals surface area contributed by atoms with Gasteiger partial charge in [-0.05, 0) is 63.5 Å². The molecule has 0 aromatic heterocycles. The first-order chi connectivity index (χ1) is 9.11. The lowest BCUT2D eigenvalue weighted by molar-refractivity contribution is -0.0829.